The summed E-state index contributed by atoms with van der Waals surface area (Å²) in [6.07, 6.45) is 1.86. The Morgan fingerprint density at radius 1 is 0.556 bits per heavy atom. The fourth-order valence-corrected chi connectivity index (χ4v) is 6.01. The first-order chi connectivity index (χ1) is 22.1. The fourth-order valence-electron chi connectivity index (χ4n) is 6.01. The van der Waals surface area contributed by atoms with Gasteiger partial charge in [-0.2, -0.15) is 0 Å². The number of aliphatic imine (C=N–C) groups is 6. The van der Waals surface area contributed by atoms with Gasteiger partial charge in [-0.05, 0) is 0 Å². The van der Waals surface area contributed by atoms with Crippen LogP contribution in [0.25, 0.3) is 10.8 Å². The molecule has 8 nitrogen and oxygen atoms in total. The van der Waals surface area contributed by atoms with Crippen molar-refractivity contribution < 1.29 is 0 Å². The third-order valence-corrected chi connectivity index (χ3v) is 8.08. The summed E-state index contributed by atoms with van der Waals surface area (Å²) < 4.78 is 2.02. The average Bonchev–Trinajstić information content (AvgIpc) is 3.80. The highest BCUT2D eigenvalue weighted by Gasteiger charge is 2.31. The van der Waals surface area contributed by atoms with Gasteiger partial charge in [0, 0.05) is 71.5 Å². The minimum atomic E-state index is 0.614. The van der Waals surface area contributed by atoms with E-state index in [1.807, 2.05) is 104 Å². The van der Waals surface area contributed by atoms with Gasteiger partial charge in [0.05, 0.1) is 0 Å². The Labute approximate surface area is 262 Å². The van der Waals surface area contributed by atoms with Gasteiger partial charge in [-0.3, -0.25) is 4.99 Å². The van der Waals surface area contributed by atoms with Gasteiger partial charge in [0.15, 0.2) is 17.5 Å². The third-order valence-electron chi connectivity index (χ3n) is 8.08. The molecule has 8 rings (SSSR count). The standard InChI is InChI=1S/C35H26N8.C2H6/c1-36-32-25-16-8-9-17-26(25)34(42(32)2)40-30-23-14-6-7-15-24(23)31(38-30)41-35-28-19-11-10-18-27(28)33(43(35)3)39-29-22-13-5-4-12-21(22)20-37-29;1-2/h4-20H,1-3H3;1-2H3. The Hall–Kier alpha value is -5.76. The van der Waals surface area contributed by atoms with E-state index in [0.29, 0.717) is 17.5 Å². The summed E-state index contributed by atoms with van der Waals surface area (Å²) in [6, 6.07) is 32.6. The Morgan fingerprint density at radius 3 is 1.76 bits per heavy atom. The zero-order chi connectivity index (χ0) is 31.1. The molecule has 0 unspecified atom stereocenters. The second kappa shape index (κ2) is 11.4. The summed E-state index contributed by atoms with van der Waals surface area (Å²) >= 11 is 0. The number of amidine groups is 5. The van der Waals surface area contributed by atoms with Gasteiger partial charge < -0.3 is 9.47 Å². The van der Waals surface area contributed by atoms with Crippen LogP contribution >= 0.6 is 0 Å². The summed E-state index contributed by atoms with van der Waals surface area (Å²) in [5.74, 6) is 5.20. The van der Waals surface area contributed by atoms with Crippen LogP contribution in [0.2, 0.25) is 0 Å². The SMILES string of the molecule is CC.CN=C1c2ccccc2C(=NC2=NC(=Nc3c4ccccc4c(N=C4N=Cc5ccccc54)n3C)c3ccccc32)N1C. The van der Waals surface area contributed by atoms with Crippen LogP contribution in [0.5, 0.6) is 0 Å². The monoisotopic (exact) mass is 588 g/mol. The largest absolute Gasteiger partial charge is 0.313 e. The molecule has 0 saturated heterocycles. The predicted octanol–water partition coefficient (Wildman–Crippen LogP) is 7.32. The maximum Gasteiger partial charge on any atom is 0.164 e. The van der Waals surface area contributed by atoms with E-state index >= 15 is 0 Å². The molecule has 4 aromatic carbocycles. The molecule has 0 fully saturated rings. The van der Waals surface area contributed by atoms with Gasteiger partial charge in [0.25, 0.3) is 0 Å². The van der Waals surface area contributed by atoms with E-state index in [1.54, 1.807) is 7.05 Å². The molecule has 0 saturated carbocycles. The highest BCUT2D eigenvalue weighted by atomic mass is 15.2. The van der Waals surface area contributed by atoms with Gasteiger partial charge in [-0.25, -0.2) is 25.0 Å². The Kier molecular flexibility index (Phi) is 7.10. The molecular formula is C37H32N8. The van der Waals surface area contributed by atoms with E-state index in [0.717, 1.165) is 67.5 Å². The molecule has 8 heteroatoms. The Balaban J connectivity index is 0.00000160. The molecule has 0 atom stereocenters. The predicted molar refractivity (Wildman–Crippen MR) is 187 cm³/mol. The zero-order valence-electron chi connectivity index (χ0n) is 25.9. The molecule has 0 amide bonds. The second-order valence-electron chi connectivity index (χ2n) is 10.5. The molecule has 0 N–H and O–H groups in total. The molecule has 5 aromatic rings. The van der Waals surface area contributed by atoms with Crippen LogP contribution in [0.4, 0.5) is 11.6 Å². The Morgan fingerprint density at radius 2 is 1.09 bits per heavy atom. The topological polar surface area (TPSA) is 82.3 Å². The highest BCUT2D eigenvalue weighted by molar-refractivity contribution is 6.31. The third kappa shape index (κ3) is 4.53. The summed E-state index contributed by atoms with van der Waals surface area (Å²) in [4.78, 5) is 31.4. The molecular weight excluding hydrogens is 556 g/mol. The maximum atomic E-state index is 5.16. The molecule has 0 bridgehead atoms. The van der Waals surface area contributed by atoms with Crippen LogP contribution in [-0.4, -0.2) is 59.0 Å². The quantitative estimate of drug-likeness (QED) is 0.213. The van der Waals surface area contributed by atoms with E-state index in [-0.39, 0.29) is 0 Å². The average molecular weight is 589 g/mol. The summed E-state index contributed by atoms with van der Waals surface area (Å²) in [5.41, 5.74) is 6.06. The van der Waals surface area contributed by atoms with Crippen molar-refractivity contribution in [3.8, 4) is 0 Å². The van der Waals surface area contributed by atoms with Crippen molar-refractivity contribution >= 4 is 57.8 Å². The van der Waals surface area contributed by atoms with Crippen molar-refractivity contribution in [1.82, 2.24) is 9.47 Å². The van der Waals surface area contributed by atoms with Crippen molar-refractivity contribution in [3.63, 3.8) is 0 Å². The van der Waals surface area contributed by atoms with Crippen molar-refractivity contribution in [2.45, 2.75) is 13.8 Å². The summed E-state index contributed by atoms with van der Waals surface area (Å²) in [5, 5.41) is 2.00. The number of benzene rings is 4. The van der Waals surface area contributed by atoms with Gasteiger partial charge in [-0.15, -0.1) is 0 Å². The number of aromatic nitrogens is 1. The lowest BCUT2D eigenvalue weighted by molar-refractivity contribution is 0.770. The highest BCUT2D eigenvalue weighted by Crippen LogP contribution is 2.39. The number of hydrogen-bond acceptors (Lipinski definition) is 4. The van der Waals surface area contributed by atoms with Crippen molar-refractivity contribution in [2.24, 2.45) is 37.0 Å². The lowest BCUT2D eigenvalue weighted by Gasteiger charge is -2.13. The molecule has 1 aromatic heterocycles. The first-order valence-corrected chi connectivity index (χ1v) is 15.1. The number of fused-ring (bicyclic) bond motifs is 4. The molecule has 0 spiro atoms. The van der Waals surface area contributed by atoms with Crippen molar-refractivity contribution in [2.75, 3.05) is 14.1 Å². The second-order valence-corrected chi connectivity index (χ2v) is 10.5. The van der Waals surface area contributed by atoms with Crippen LogP contribution in [-0.2, 0) is 7.05 Å². The number of rotatable bonds is 2. The fraction of sp³-hybridized carbons (Fsp3) is 0.135. The van der Waals surface area contributed by atoms with Crippen LogP contribution in [0, 0.1) is 0 Å². The molecule has 3 aliphatic heterocycles. The van der Waals surface area contributed by atoms with Gasteiger partial charge in [-0.1, -0.05) is 111 Å². The minimum absolute atomic E-state index is 0.614. The van der Waals surface area contributed by atoms with Crippen LogP contribution in [0.3, 0.4) is 0 Å². The number of hydrogen-bond donors (Lipinski definition) is 0. The van der Waals surface area contributed by atoms with Crippen LogP contribution < -0.4 is 0 Å². The smallest absolute Gasteiger partial charge is 0.164 e. The van der Waals surface area contributed by atoms with E-state index in [9.17, 15) is 0 Å². The maximum absolute atomic E-state index is 5.16. The summed E-state index contributed by atoms with van der Waals surface area (Å²) in [6.45, 7) is 4.00. The molecule has 220 valence electrons. The first kappa shape index (κ1) is 28.0. The Bertz CT molecular complexity index is 2170. The molecule has 0 radical (unpaired) electrons. The van der Waals surface area contributed by atoms with E-state index in [1.165, 1.54) is 0 Å². The van der Waals surface area contributed by atoms with Crippen LogP contribution in [0.1, 0.15) is 47.2 Å². The van der Waals surface area contributed by atoms with E-state index < -0.39 is 0 Å². The van der Waals surface area contributed by atoms with Gasteiger partial charge in [0.2, 0.25) is 0 Å². The van der Waals surface area contributed by atoms with Crippen LogP contribution in [0.15, 0.2) is 127 Å². The van der Waals surface area contributed by atoms with E-state index in [2.05, 4.69) is 46.4 Å². The molecule has 0 aliphatic carbocycles. The van der Waals surface area contributed by atoms with Crippen molar-refractivity contribution in [3.05, 3.63) is 130 Å². The summed E-state index contributed by atoms with van der Waals surface area (Å²) in [7, 11) is 5.79. The lowest BCUT2D eigenvalue weighted by Crippen LogP contribution is -2.27. The van der Waals surface area contributed by atoms with Gasteiger partial charge >= 0.3 is 0 Å². The first-order valence-electron chi connectivity index (χ1n) is 15.1. The molecule has 4 heterocycles. The zero-order valence-corrected chi connectivity index (χ0v) is 25.9. The number of nitrogens with zero attached hydrogens (tertiary/aromatic N) is 8. The lowest BCUT2D eigenvalue weighted by atomic mass is 10.1. The molecule has 45 heavy (non-hydrogen) atoms. The molecule has 3 aliphatic rings. The normalized spacial score (nSPS) is 18.1. The van der Waals surface area contributed by atoms with Gasteiger partial charge in [0.1, 0.15) is 23.3 Å². The minimum Gasteiger partial charge on any atom is -0.313 e. The van der Waals surface area contributed by atoms with Crippen molar-refractivity contribution in [1.29, 1.82) is 0 Å². The van der Waals surface area contributed by atoms with E-state index in [4.69, 9.17) is 20.0 Å².